The maximum atomic E-state index is 10.9. The minimum atomic E-state index is -2.85. The summed E-state index contributed by atoms with van der Waals surface area (Å²) in [6, 6.07) is 0.283. The Morgan fingerprint density at radius 3 is 2.20 bits per heavy atom. The van der Waals surface area contributed by atoms with E-state index in [9.17, 15) is 8.42 Å². The van der Waals surface area contributed by atoms with E-state index in [1.54, 1.807) is 0 Å². The van der Waals surface area contributed by atoms with E-state index in [1.807, 2.05) is 6.92 Å². The van der Waals surface area contributed by atoms with Crippen LogP contribution in [0.2, 0.25) is 0 Å². The van der Waals surface area contributed by atoms with Crippen LogP contribution in [0.3, 0.4) is 0 Å². The Labute approximate surface area is 93.7 Å². The Bertz CT molecular complexity index is 268. The van der Waals surface area contributed by atoms with Gasteiger partial charge < -0.3 is 10.6 Å². The van der Waals surface area contributed by atoms with Gasteiger partial charge in [0.2, 0.25) is 0 Å². The molecule has 0 aliphatic rings. The zero-order chi connectivity index (χ0) is 12.1. The molecule has 2 N–H and O–H groups in total. The molecule has 0 rings (SSSR count). The molecule has 0 aliphatic heterocycles. The van der Waals surface area contributed by atoms with E-state index in [0.717, 1.165) is 6.54 Å². The molecule has 0 aromatic heterocycles. The number of rotatable bonds is 6. The van der Waals surface area contributed by atoms with Crippen molar-refractivity contribution in [1.82, 2.24) is 10.6 Å². The van der Waals surface area contributed by atoms with Crippen LogP contribution in [0.1, 0.15) is 27.7 Å². The van der Waals surface area contributed by atoms with Gasteiger partial charge in [0.15, 0.2) is 0 Å². The highest BCUT2D eigenvalue weighted by Crippen LogP contribution is 1.97. The van der Waals surface area contributed by atoms with Crippen molar-refractivity contribution in [2.75, 3.05) is 25.1 Å². The first-order chi connectivity index (χ1) is 6.60. The van der Waals surface area contributed by atoms with Crippen LogP contribution >= 0.6 is 0 Å². The van der Waals surface area contributed by atoms with Gasteiger partial charge >= 0.3 is 0 Å². The summed E-state index contributed by atoms with van der Waals surface area (Å²) < 4.78 is 21.7. The molecule has 0 amide bonds. The van der Waals surface area contributed by atoms with Gasteiger partial charge in [-0.05, 0) is 27.7 Å². The van der Waals surface area contributed by atoms with Gasteiger partial charge in [0.05, 0.1) is 5.75 Å². The lowest BCUT2D eigenvalue weighted by molar-refractivity contribution is 0.391. The fourth-order valence-electron chi connectivity index (χ4n) is 1.02. The third kappa shape index (κ3) is 11.8. The van der Waals surface area contributed by atoms with Crippen molar-refractivity contribution in [1.29, 1.82) is 0 Å². The van der Waals surface area contributed by atoms with Crippen LogP contribution in [-0.2, 0) is 9.84 Å². The van der Waals surface area contributed by atoms with Crippen molar-refractivity contribution in [3.8, 4) is 0 Å². The van der Waals surface area contributed by atoms with E-state index < -0.39 is 9.84 Å². The Kier molecular flexibility index (Phi) is 5.77. The van der Waals surface area contributed by atoms with Crippen LogP contribution in [0.5, 0.6) is 0 Å². The van der Waals surface area contributed by atoms with Gasteiger partial charge in [0.25, 0.3) is 0 Å². The van der Waals surface area contributed by atoms with Crippen molar-refractivity contribution in [3.05, 3.63) is 0 Å². The van der Waals surface area contributed by atoms with Gasteiger partial charge in [-0.15, -0.1) is 0 Å². The summed E-state index contributed by atoms with van der Waals surface area (Å²) in [7, 11) is -2.85. The van der Waals surface area contributed by atoms with Gasteiger partial charge in [-0.3, -0.25) is 0 Å². The molecule has 5 heteroatoms. The smallest absolute Gasteiger partial charge is 0.148 e. The molecule has 0 aromatic rings. The quantitative estimate of drug-likeness (QED) is 0.701. The van der Waals surface area contributed by atoms with Crippen molar-refractivity contribution in [3.63, 3.8) is 0 Å². The van der Waals surface area contributed by atoms with Crippen LogP contribution < -0.4 is 10.6 Å². The molecule has 0 spiro atoms. The molecule has 0 heterocycles. The average Bonchev–Trinajstić information content (AvgIpc) is 1.97. The van der Waals surface area contributed by atoms with Crippen LogP contribution in [0, 0.1) is 0 Å². The molecular formula is C10H24N2O2S. The highest BCUT2D eigenvalue weighted by atomic mass is 32.2. The van der Waals surface area contributed by atoms with E-state index in [-0.39, 0.29) is 17.3 Å². The molecule has 92 valence electrons. The minimum absolute atomic E-state index is 0.104. The molecule has 0 fully saturated rings. The number of sulfone groups is 1. The molecule has 1 atom stereocenters. The first-order valence-electron chi connectivity index (χ1n) is 5.26. The summed E-state index contributed by atoms with van der Waals surface area (Å²) >= 11 is 0. The lowest BCUT2D eigenvalue weighted by Crippen LogP contribution is -2.45. The number of nitrogens with one attached hydrogen (secondary N) is 2. The molecule has 0 saturated carbocycles. The van der Waals surface area contributed by atoms with Crippen molar-refractivity contribution in [2.45, 2.75) is 39.3 Å². The van der Waals surface area contributed by atoms with Crippen LogP contribution in [-0.4, -0.2) is 45.1 Å². The maximum Gasteiger partial charge on any atom is 0.148 e. The van der Waals surface area contributed by atoms with E-state index in [4.69, 9.17) is 0 Å². The average molecular weight is 236 g/mol. The molecule has 1 unspecified atom stereocenters. The van der Waals surface area contributed by atoms with Gasteiger partial charge in [-0.1, -0.05) is 0 Å². The van der Waals surface area contributed by atoms with Gasteiger partial charge in [0, 0.05) is 30.9 Å². The molecule has 4 nitrogen and oxygen atoms in total. The summed E-state index contributed by atoms with van der Waals surface area (Å²) in [4.78, 5) is 0. The monoisotopic (exact) mass is 236 g/mol. The van der Waals surface area contributed by atoms with Crippen LogP contribution in [0.25, 0.3) is 0 Å². The van der Waals surface area contributed by atoms with Crippen LogP contribution in [0.4, 0.5) is 0 Å². The fraction of sp³-hybridized carbons (Fsp3) is 1.00. The highest BCUT2D eigenvalue weighted by molar-refractivity contribution is 7.90. The normalized spacial score (nSPS) is 15.3. The standard InChI is InChI=1S/C10H24N2O2S/c1-9(8-12-10(2,3)4)11-6-7-15(5,13)14/h9,11-12H,6-8H2,1-5H3. The largest absolute Gasteiger partial charge is 0.312 e. The molecule has 0 saturated heterocycles. The molecule has 0 radical (unpaired) electrons. The van der Waals surface area contributed by atoms with Crippen molar-refractivity contribution < 1.29 is 8.42 Å². The second kappa shape index (κ2) is 5.82. The van der Waals surface area contributed by atoms with Crippen molar-refractivity contribution in [2.24, 2.45) is 0 Å². The zero-order valence-electron chi connectivity index (χ0n) is 10.4. The molecule has 0 aromatic carbocycles. The SMILES string of the molecule is CC(CNC(C)(C)C)NCCS(C)(=O)=O. The van der Waals surface area contributed by atoms with Gasteiger partial charge in [-0.25, -0.2) is 8.42 Å². The highest BCUT2D eigenvalue weighted by Gasteiger charge is 2.11. The van der Waals surface area contributed by atoms with Gasteiger partial charge in [0.1, 0.15) is 9.84 Å². The van der Waals surface area contributed by atoms with E-state index >= 15 is 0 Å². The number of hydrogen-bond donors (Lipinski definition) is 2. The van der Waals surface area contributed by atoms with Crippen molar-refractivity contribution >= 4 is 9.84 Å². The Morgan fingerprint density at radius 2 is 1.80 bits per heavy atom. The first kappa shape index (κ1) is 14.9. The van der Waals surface area contributed by atoms with E-state index in [1.165, 1.54) is 6.26 Å². The predicted molar refractivity (Wildman–Crippen MR) is 64.9 cm³/mol. The van der Waals surface area contributed by atoms with E-state index in [0.29, 0.717) is 6.54 Å². The van der Waals surface area contributed by atoms with Crippen LogP contribution in [0.15, 0.2) is 0 Å². The second-order valence-corrected chi connectivity index (χ2v) is 7.38. The first-order valence-corrected chi connectivity index (χ1v) is 7.32. The second-order valence-electron chi connectivity index (χ2n) is 5.12. The van der Waals surface area contributed by atoms with E-state index in [2.05, 4.69) is 31.4 Å². The summed E-state index contributed by atoms with van der Waals surface area (Å²) in [5, 5.41) is 6.53. The molecule has 0 bridgehead atoms. The minimum Gasteiger partial charge on any atom is -0.312 e. The Balaban J connectivity index is 3.63. The summed E-state index contributed by atoms with van der Waals surface area (Å²) in [6.07, 6.45) is 1.26. The fourth-order valence-corrected chi connectivity index (χ4v) is 1.51. The zero-order valence-corrected chi connectivity index (χ0v) is 11.2. The summed E-state index contributed by atoms with van der Waals surface area (Å²) in [6.45, 7) is 9.72. The Hall–Kier alpha value is -0.130. The Morgan fingerprint density at radius 1 is 1.27 bits per heavy atom. The third-order valence-corrected chi connectivity index (χ3v) is 2.85. The molecular weight excluding hydrogens is 212 g/mol. The number of hydrogen-bond acceptors (Lipinski definition) is 4. The summed E-state index contributed by atoms with van der Waals surface area (Å²) in [5.74, 6) is 0.201. The lowest BCUT2D eigenvalue weighted by Gasteiger charge is -2.23. The topological polar surface area (TPSA) is 58.2 Å². The predicted octanol–water partition coefficient (Wildman–Crippen LogP) is 0.397. The third-order valence-electron chi connectivity index (χ3n) is 1.90. The lowest BCUT2D eigenvalue weighted by atomic mass is 10.1. The molecule has 15 heavy (non-hydrogen) atoms. The summed E-state index contributed by atoms with van der Waals surface area (Å²) in [5.41, 5.74) is 0.104. The maximum absolute atomic E-state index is 10.9. The van der Waals surface area contributed by atoms with Gasteiger partial charge in [-0.2, -0.15) is 0 Å². The molecule has 0 aliphatic carbocycles.